The summed E-state index contributed by atoms with van der Waals surface area (Å²) in [6.07, 6.45) is 1.44. The number of carbonyl (C=O) groups excluding carboxylic acids is 2. The average Bonchev–Trinajstić information content (AvgIpc) is 2.98. The fraction of sp³-hybridized carbons (Fsp3) is 0.200. The van der Waals surface area contributed by atoms with Crippen molar-refractivity contribution in [3.05, 3.63) is 59.5 Å². The smallest absolute Gasteiger partial charge is 0.287 e. The van der Waals surface area contributed by atoms with Gasteiger partial charge in [-0.25, -0.2) is 0 Å². The van der Waals surface area contributed by atoms with Crippen LogP contribution in [0, 0.1) is 6.92 Å². The number of hydrogen-bond donors (Lipinski definition) is 2. The predicted octanol–water partition coefficient (Wildman–Crippen LogP) is 1.75. The maximum atomic E-state index is 11.8. The second-order valence-electron chi connectivity index (χ2n) is 4.36. The summed E-state index contributed by atoms with van der Waals surface area (Å²) in [5.74, 6) is -0.188. The van der Waals surface area contributed by atoms with Gasteiger partial charge in [-0.3, -0.25) is 9.59 Å². The van der Waals surface area contributed by atoms with Gasteiger partial charge in [0.05, 0.1) is 6.26 Å². The summed E-state index contributed by atoms with van der Waals surface area (Å²) in [6, 6.07) is 10.5. The minimum Gasteiger partial charge on any atom is -0.459 e. The SMILES string of the molecule is Cc1ccc(C(=O)NCCNC(=O)c2ccco2)cc1. The number of furan rings is 1. The zero-order valence-corrected chi connectivity index (χ0v) is 11.2. The van der Waals surface area contributed by atoms with Crippen molar-refractivity contribution in [2.24, 2.45) is 0 Å². The van der Waals surface area contributed by atoms with E-state index in [9.17, 15) is 9.59 Å². The van der Waals surface area contributed by atoms with Crippen LogP contribution in [0.1, 0.15) is 26.5 Å². The molecule has 104 valence electrons. The van der Waals surface area contributed by atoms with Crippen LogP contribution in [-0.2, 0) is 0 Å². The monoisotopic (exact) mass is 272 g/mol. The maximum absolute atomic E-state index is 11.8. The van der Waals surface area contributed by atoms with Gasteiger partial charge in [0.1, 0.15) is 0 Å². The van der Waals surface area contributed by atoms with Gasteiger partial charge in [-0.15, -0.1) is 0 Å². The van der Waals surface area contributed by atoms with E-state index in [2.05, 4.69) is 10.6 Å². The molecule has 0 fully saturated rings. The van der Waals surface area contributed by atoms with Crippen molar-refractivity contribution in [1.82, 2.24) is 10.6 Å². The van der Waals surface area contributed by atoms with Gasteiger partial charge in [-0.05, 0) is 31.2 Å². The van der Waals surface area contributed by atoms with Crippen LogP contribution in [-0.4, -0.2) is 24.9 Å². The first-order valence-corrected chi connectivity index (χ1v) is 6.33. The normalized spacial score (nSPS) is 10.1. The summed E-state index contributed by atoms with van der Waals surface area (Å²) in [5.41, 5.74) is 1.71. The van der Waals surface area contributed by atoms with Gasteiger partial charge in [-0.2, -0.15) is 0 Å². The van der Waals surface area contributed by atoms with Crippen LogP contribution in [0.5, 0.6) is 0 Å². The molecule has 2 N–H and O–H groups in total. The zero-order valence-electron chi connectivity index (χ0n) is 11.2. The van der Waals surface area contributed by atoms with Gasteiger partial charge < -0.3 is 15.1 Å². The van der Waals surface area contributed by atoms with Gasteiger partial charge in [0.2, 0.25) is 0 Å². The Morgan fingerprint density at radius 1 is 1.00 bits per heavy atom. The summed E-state index contributed by atoms with van der Waals surface area (Å²) in [6.45, 7) is 2.67. The third kappa shape index (κ3) is 3.71. The summed E-state index contributed by atoms with van der Waals surface area (Å²) in [4.78, 5) is 23.3. The number of nitrogens with one attached hydrogen (secondary N) is 2. The van der Waals surface area contributed by atoms with Crippen molar-refractivity contribution < 1.29 is 14.0 Å². The highest BCUT2D eigenvalue weighted by Gasteiger charge is 2.08. The summed E-state index contributed by atoms with van der Waals surface area (Å²) >= 11 is 0. The molecule has 1 heterocycles. The van der Waals surface area contributed by atoms with Crippen molar-refractivity contribution >= 4 is 11.8 Å². The number of rotatable bonds is 5. The Bertz CT molecular complexity index is 574. The van der Waals surface area contributed by atoms with E-state index in [1.807, 2.05) is 19.1 Å². The second-order valence-corrected chi connectivity index (χ2v) is 4.36. The minimum atomic E-state index is -0.292. The van der Waals surface area contributed by atoms with Crippen LogP contribution < -0.4 is 10.6 Å². The van der Waals surface area contributed by atoms with Gasteiger partial charge in [0, 0.05) is 18.7 Å². The van der Waals surface area contributed by atoms with E-state index in [0.29, 0.717) is 18.7 Å². The molecule has 20 heavy (non-hydrogen) atoms. The van der Waals surface area contributed by atoms with Crippen LogP contribution in [0.3, 0.4) is 0 Å². The van der Waals surface area contributed by atoms with E-state index in [-0.39, 0.29) is 17.6 Å². The maximum Gasteiger partial charge on any atom is 0.287 e. The largest absolute Gasteiger partial charge is 0.459 e. The fourth-order valence-electron chi connectivity index (χ4n) is 1.65. The predicted molar refractivity (Wildman–Crippen MR) is 74.6 cm³/mol. The van der Waals surface area contributed by atoms with E-state index in [1.54, 1.807) is 24.3 Å². The molecule has 0 bridgehead atoms. The van der Waals surface area contributed by atoms with E-state index in [4.69, 9.17) is 4.42 Å². The minimum absolute atomic E-state index is 0.155. The third-order valence-electron chi connectivity index (χ3n) is 2.75. The average molecular weight is 272 g/mol. The van der Waals surface area contributed by atoms with Crippen molar-refractivity contribution in [1.29, 1.82) is 0 Å². The first kappa shape index (κ1) is 13.9. The van der Waals surface area contributed by atoms with Gasteiger partial charge in [0.25, 0.3) is 11.8 Å². The number of amides is 2. The van der Waals surface area contributed by atoms with Crippen LogP contribution in [0.25, 0.3) is 0 Å². The topological polar surface area (TPSA) is 71.3 Å². The molecule has 1 aromatic carbocycles. The highest BCUT2D eigenvalue weighted by atomic mass is 16.3. The van der Waals surface area contributed by atoms with Crippen molar-refractivity contribution in [2.75, 3.05) is 13.1 Å². The molecule has 0 saturated carbocycles. The van der Waals surface area contributed by atoms with Crippen molar-refractivity contribution in [3.8, 4) is 0 Å². The second kappa shape index (κ2) is 6.56. The first-order chi connectivity index (χ1) is 9.66. The number of aryl methyl sites for hydroxylation is 1. The molecule has 0 aliphatic carbocycles. The Kier molecular flexibility index (Phi) is 4.55. The molecule has 5 heteroatoms. The molecule has 0 radical (unpaired) electrons. The molecule has 1 aromatic heterocycles. The number of carbonyl (C=O) groups is 2. The number of benzene rings is 1. The Morgan fingerprint density at radius 2 is 1.65 bits per heavy atom. The molecule has 2 rings (SSSR count). The summed E-state index contributed by atoms with van der Waals surface area (Å²) < 4.78 is 4.95. The summed E-state index contributed by atoms with van der Waals surface area (Å²) in [7, 11) is 0. The van der Waals surface area contributed by atoms with E-state index in [0.717, 1.165) is 5.56 Å². The Balaban J connectivity index is 1.72. The zero-order chi connectivity index (χ0) is 14.4. The van der Waals surface area contributed by atoms with Crippen molar-refractivity contribution in [3.63, 3.8) is 0 Å². The van der Waals surface area contributed by atoms with E-state index in [1.165, 1.54) is 6.26 Å². The Hall–Kier alpha value is -2.56. The summed E-state index contributed by atoms with van der Waals surface area (Å²) in [5, 5.41) is 5.39. The quantitative estimate of drug-likeness (QED) is 0.814. The van der Waals surface area contributed by atoms with Gasteiger partial charge in [0.15, 0.2) is 5.76 Å². The molecular formula is C15H16N2O3. The van der Waals surface area contributed by atoms with Crippen LogP contribution in [0.4, 0.5) is 0 Å². The lowest BCUT2D eigenvalue weighted by Gasteiger charge is -2.06. The molecule has 0 atom stereocenters. The molecule has 0 aliphatic heterocycles. The molecule has 0 spiro atoms. The molecule has 2 aromatic rings. The van der Waals surface area contributed by atoms with Gasteiger partial charge >= 0.3 is 0 Å². The lowest BCUT2D eigenvalue weighted by Crippen LogP contribution is -2.34. The third-order valence-corrected chi connectivity index (χ3v) is 2.75. The highest BCUT2D eigenvalue weighted by molar-refractivity contribution is 5.94. The Labute approximate surface area is 117 Å². The van der Waals surface area contributed by atoms with Gasteiger partial charge in [-0.1, -0.05) is 17.7 Å². The standard InChI is InChI=1S/C15H16N2O3/c1-11-4-6-12(7-5-11)14(18)16-8-9-17-15(19)13-3-2-10-20-13/h2-7,10H,8-9H2,1H3,(H,16,18)(H,17,19). The molecule has 0 saturated heterocycles. The molecule has 0 aliphatic rings. The Morgan fingerprint density at radius 3 is 2.25 bits per heavy atom. The lowest BCUT2D eigenvalue weighted by molar-refractivity contribution is 0.0910. The van der Waals surface area contributed by atoms with Crippen molar-refractivity contribution in [2.45, 2.75) is 6.92 Å². The van der Waals surface area contributed by atoms with E-state index >= 15 is 0 Å². The van der Waals surface area contributed by atoms with E-state index < -0.39 is 0 Å². The first-order valence-electron chi connectivity index (χ1n) is 6.33. The van der Waals surface area contributed by atoms with Crippen LogP contribution in [0.2, 0.25) is 0 Å². The fourth-order valence-corrected chi connectivity index (χ4v) is 1.65. The van der Waals surface area contributed by atoms with Crippen LogP contribution in [0.15, 0.2) is 47.1 Å². The molecular weight excluding hydrogens is 256 g/mol. The number of hydrogen-bond acceptors (Lipinski definition) is 3. The lowest BCUT2D eigenvalue weighted by atomic mass is 10.1. The molecule has 5 nitrogen and oxygen atoms in total. The molecule has 2 amide bonds. The molecule has 0 unspecified atom stereocenters. The highest BCUT2D eigenvalue weighted by Crippen LogP contribution is 2.02. The van der Waals surface area contributed by atoms with Crippen LogP contribution >= 0.6 is 0 Å².